The highest BCUT2D eigenvalue weighted by Gasteiger charge is 2.64. The molecule has 2 saturated carbocycles. The maximum Gasteiger partial charge on any atom is 0.463 e. The van der Waals surface area contributed by atoms with E-state index in [1.54, 1.807) is 0 Å². The average molecular weight is 257 g/mol. The van der Waals surface area contributed by atoms with Crippen LogP contribution < -0.4 is 5.32 Å². The summed E-state index contributed by atoms with van der Waals surface area (Å²) in [6.07, 6.45) is -2.71. The summed E-state index contributed by atoms with van der Waals surface area (Å²) >= 11 is 0. The van der Waals surface area contributed by atoms with Crippen LogP contribution in [0.25, 0.3) is 0 Å². The van der Waals surface area contributed by atoms with Crippen molar-refractivity contribution in [3.05, 3.63) is 0 Å². The second-order valence-corrected chi connectivity index (χ2v) is 4.83. The van der Waals surface area contributed by atoms with Crippen molar-refractivity contribution in [1.82, 2.24) is 5.32 Å². The quantitative estimate of drug-likeness (QED) is 0.756. The van der Waals surface area contributed by atoms with Crippen LogP contribution >= 0.6 is 0 Å². The van der Waals surface area contributed by atoms with Gasteiger partial charge in [-0.2, -0.15) is 22.0 Å². The molecule has 3 unspecified atom stereocenters. The highest BCUT2D eigenvalue weighted by molar-refractivity contribution is 5.84. The summed E-state index contributed by atoms with van der Waals surface area (Å²) < 4.78 is 61.2. The van der Waals surface area contributed by atoms with Crippen LogP contribution in [-0.2, 0) is 4.79 Å². The molecule has 2 aliphatic carbocycles. The van der Waals surface area contributed by atoms with Crippen molar-refractivity contribution in [3.63, 3.8) is 0 Å². The molecule has 17 heavy (non-hydrogen) atoms. The van der Waals surface area contributed by atoms with E-state index < -0.39 is 24.0 Å². The van der Waals surface area contributed by atoms with Gasteiger partial charge in [-0.3, -0.25) is 4.79 Å². The van der Waals surface area contributed by atoms with Crippen LogP contribution in [0.2, 0.25) is 0 Å². The minimum absolute atomic E-state index is 0.0629. The van der Waals surface area contributed by atoms with Crippen molar-refractivity contribution in [2.75, 3.05) is 0 Å². The van der Waals surface area contributed by atoms with Gasteiger partial charge in [-0.15, -0.1) is 0 Å². The number of carbonyl (C=O) groups is 1. The summed E-state index contributed by atoms with van der Waals surface area (Å²) in [7, 11) is 0. The molecule has 0 saturated heterocycles. The van der Waals surface area contributed by atoms with Crippen LogP contribution in [0.3, 0.4) is 0 Å². The fourth-order valence-corrected chi connectivity index (χ4v) is 2.81. The highest BCUT2D eigenvalue weighted by atomic mass is 19.4. The Morgan fingerprint density at radius 2 is 1.71 bits per heavy atom. The summed E-state index contributed by atoms with van der Waals surface area (Å²) in [5.41, 5.74) is 0. The molecule has 0 aromatic rings. The topological polar surface area (TPSA) is 29.1 Å². The van der Waals surface area contributed by atoms with E-state index in [1.807, 2.05) is 5.32 Å². The van der Waals surface area contributed by atoms with Crippen molar-refractivity contribution < 1.29 is 26.7 Å². The number of hydrogen-bond donors (Lipinski definition) is 1. The van der Waals surface area contributed by atoms with Gasteiger partial charge in [-0.05, 0) is 31.1 Å². The molecule has 2 bridgehead atoms. The number of halogens is 5. The smallest absolute Gasteiger partial charge is 0.348 e. The first-order chi connectivity index (χ1) is 7.72. The first kappa shape index (κ1) is 12.6. The maximum atomic E-state index is 12.7. The lowest BCUT2D eigenvalue weighted by molar-refractivity contribution is -0.270. The molecule has 2 nitrogen and oxygen atoms in total. The Labute approximate surface area is 94.6 Å². The van der Waals surface area contributed by atoms with E-state index in [4.69, 9.17) is 0 Å². The largest absolute Gasteiger partial charge is 0.463 e. The van der Waals surface area contributed by atoms with Crippen molar-refractivity contribution in [2.45, 2.75) is 43.8 Å². The van der Waals surface area contributed by atoms with Crippen molar-refractivity contribution >= 4 is 5.91 Å². The average Bonchev–Trinajstić information content (AvgIpc) is 2.76. The zero-order valence-electron chi connectivity index (χ0n) is 8.86. The molecule has 2 aliphatic rings. The maximum absolute atomic E-state index is 12.7. The standard InChI is InChI=1S/C10H12F5NO/c11-9(12,10(13,14)15)8(17)16-7-4-5-1-2-6(7)3-5/h5-7H,1-4H2,(H,16,17). The predicted molar refractivity (Wildman–Crippen MR) is 48.4 cm³/mol. The van der Waals surface area contributed by atoms with E-state index in [1.165, 1.54) is 0 Å². The Hall–Kier alpha value is -0.880. The van der Waals surface area contributed by atoms with Crippen LogP contribution in [0.15, 0.2) is 0 Å². The molecule has 0 spiro atoms. The predicted octanol–water partition coefficient (Wildman–Crippen LogP) is 2.49. The first-order valence-corrected chi connectivity index (χ1v) is 5.47. The van der Waals surface area contributed by atoms with Gasteiger partial charge in [-0.25, -0.2) is 0 Å². The minimum Gasteiger partial charge on any atom is -0.348 e. The van der Waals surface area contributed by atoms with Crippen LogP contribution in [0, 0.1) is 11.8 Å². The van der Waals surface area contributed by atoms with Gasteiger partial charge in [0.25, 0.3) is 0 Å². The van der Waals surface area contributed by atoms with E-state index >= 15 is 0 Å². The lowest BCUT2D eigenvalue weighted by Gasteiger charge is -2.26. The summed E-state index contributed by atoms with van der Waals surface area (Å²) in [5.74, 6) is -7.09. The molecule has 1 amide bonds. The molecule has 1 N–H and O–H groups in total. The Kier molecular flexibility index (Phi) is 2.82. The molecule has 0 aromatic heterocycles. The Balaban J connectivity index is 1.98. The Morgan fingerprint density at radius 1 is 1.06 bits per heavy atom. The summed E-state index contributed by atoms with van der Waals surface area (Å²) in [6.45, 7) is 0. The van der Waals surface area contributed by atoms with Gasteiger partial charge in [0.15, 0.2) is 0 Å². The molecule has 2 rings (SSSR count). The number of carbonyl (C=O) groups excluding carboxylic acids is 1. The molecular weight excluding hydrogens is 245 g/mol. The van der Waals surface area contributed by atoms with E-state index in [0.29, 0.717) is 12.3 Å². The molecule has 0 radical (unpaired) electrons. The molecule has 98 valence electrons. The number of alkyl halides is 5. The molecule has 0 aromatic carbocycles. The van der Waals surface area contributed by atoms with Crippen molar-refractivity contribution in [3.8, 4) is 0 Å². The molecule has 3 atom stereocenters. The van der Waals surface area contributed by atoms with Gasteiger partial charge in [0.1, 0.15) is 0 Å². The normalized spacial score (nSPS) is 32.9. The number of nitrogens with one attached hydrogen (secondary N) is 1. The SMILES string of the molecule is O=C(NC1CC2CCC1C2)C(F)(F)C(F)(F)F. The van der Waals surface area contributed by atoms with Crippen LogP contribution in [0.5, 0.6) is 0 Å². The van der Waals surface area contributed by atoms with E-state index in [-0.39, 0.29) is 5.92 Å². The van der Waals surface area contributed by atoms with Gasteiger partial charge >= 0.3 is 18.0 Å². The zero-order chi connectivity index (χ0) is 12.8. The molecule has 0 aliphatic heterocycles. The third kappa shape index (κ3) is 2.11. The zero-order valence-corrected chi connectivity index (χ0v) is 8.86. The number of amides is 1. The summed E-state index contributed by atoms with van der Waals surface area (Å²) in [5, 5.41) is 1.85. The fourth-order valence-electron chi connectivity index (χ4n) is 2.81. The molecule has 0 heterocycles. The van der Waals surface area contributed by atoms with Gasteiger partial charge < -0.3 is 5.32 Å². The fraction of sp³-hybridized carbons (Fsp3) is 0.900. The monoisotopic (exact) mass is 257 g/mol. The van der Waals surface area contributed by atoms with Crippen molar-refractivity contribution in [1.29, 1.82) is 0 Å². The second-order valence-electron chi connectivity index (χ2n) is 4.83. The second kappa shape index (κ2) is 3.81. The summed E-state index contributed by atoms with van der Waals surface area (Å²) in [4.78, 5) is 11.0. The highest BCUT2D eigenvalue weighted by Crippen LogP contribution is 2.45. The molecular formula is C10H12F5NO. The molecule has 2 fully saturated rings. The van der Waals surface area contributed by atoms with Crippen LogP contribution in [-0.4, -0.2) is 24.0 Å². The number of fused-ring (bicyclic) bond motifs is 2. The third-order valence-electron chi connectivity index (χ3n) is 3.70. The van der Waals surface area contributed by atoms with E-state index in [2.05, 4.69) is 0 Å². The lowest BCUT2D eigenvalue weighted by atomic mass is 9.95. The van der Waals surface area contributed by atoms with Gasteiger partial charge in [0.2, 0.25) is 0 Å². The van der Waals surface area contributed by atoms with E-state index in [0.717, 1.165) is 19.3 Å². The van der Waals surface area contributed by atoms with Gasteiger partial charge in [0, 0.05) is 6.04 Å². The van der Waals surface area contributed by atoms with Crippen molar-refractivity contribution in [2.24, 2.45) is 11.8 Å². The first-order valence-electron chi connectivity index (χ1n) is 5.47. The Bertz CT molecular complexity index is 327. The lowest BCUT2D eigenvalue weighted by Crippen LogP contribution is -2.53. The number of hydrogen-bond acceptors (Lipinski definition) is 1. The van der Waals surface area contributed by atoms with Gasteiger partial charge in [-0.1, -0.05) is 6.42 Å². The van der Waals surface area contributed by atoms with E-state index in [9.17, 15) is 26.7 Å². The molecule has 7 heteroatoms. The summed E-state index contributed by atoms with van der Waals surface area (Å²) in [6, 6.07) is -0.519. The third-order valence-corrected chi connectivity index (χ3v) is 3.70. The number of rotatable bonds is 2. The van der Waals surface area contributed by atoms with Crippen LogP contribution in [0.4, 0.5) is 22.0 Å². The minimum atomic E-state index is -5.82. The van der Waals surface area contributed by atoms with Crippen LogP contribution in [0.1, 0.15) is 25.7 Å². The Morgan fingerprint density at radius 3 is 2.12 bits per heavy atom. The van der Waals surface area contributed by atoms with Gasteiger partial charge in [0.05, 0.1) is 0 Å².